The van der Waals surface area contributed by atoms with E-state index in [1.807, 2.05) is 0 Å². The molecule has 0 aromatic carbocycles. The predicted octanol–water partition coefficient (Wildman–Crippen LogP) is 1.97. The first-order valence-corrected chi connectivity index (χ1v) is 20.0. The van der Waals surface area contributed by atoms with Gasteiger partial charge in [-0.05, 0) is 73.3 Å². The summed E-state index contributed by atoms with van der Waals surface area (Å²) in [6.07, 6.45) is 1.48. The number of carbonyl (C=O) groups is 5. The van der Waals surface area contributed by atoms with Gasteiger partial charge in [0, 0.05) is 11.5 Å². The molecule has 39 heavy (non-hydrogen) atoms. The highest BCUT2D eigenvalue weighted by molar-refractivity contribution is 8.39. The summed E-state index contributed by atoms with van der Waals surface area (Å²) >= 11 is 0. The molecule has 0 N–H and O–H groups in total. The molecule has 0 saturated carbocycles. The zero-order chi connectivity index (χ0) is 32.2. The van der Waals surface area contributed by atoms with Crippen LogP contribution >= 0.6 is 25.3 Å². The quantitative estimate of drug-likeness (QED) is 0.120. The second-order valence-electron chi connectivity index (χ2n) is 7.85. The van der Waals surface area contributed by atoms with E-state index in [1.165, 1.54) is 40.7 Å². The number of carbonyl (C=O) groups excluding carboxylic acids is 5. The summed E-state index contributed by atoms with van der Waals surface area (Å²) in [5, 5.41) is 0.873. The van der Waals surface area contributed by atoms with Gasteiger partial charge >= 0.3 is 0 Å². The molecule has 228 valence electrons. The molecule has 0 rings (SSSR count). The Kier molecular flexibility index (Phi) is 25.8. The number of allylic oxidation sites excluding steroid dienone is 2. The summed E-state index contributed by atoms with van der Waals surface area (Å²) in [5.74, 6) is -1.35. The summed E-state index contributed by atoms with van der Waals surface area (Å²) in [5.41, 5.74) is 0. The topological polar surface area (TPSA) is 197 Å². The third-order valence-electron chi connectivity index (χ3n) is 3.51. The van der Waals surface area contributed by atoms with E-state index in [2.05, 4.69) is 6.58 Å². The molecule has 3 unspecified atom stereocenters. The van der Waals surface area contributed by atoms with Gasteiger partial charge in [0.1, 0.15) is 29.7 Å². The van der Waals surface area contributed by atoms with Crippen molar-refractivity contribution in [3.63, 3.8) is 0 Å². The van der Waals surface area contributed by atoms with E-state index in [0.29, 0.717) is 5.76 Å². The van der Waals surface area contributed by atoms with Crippen molar-refractivity contribution >= 4 is 82.6 Å². The molecule has 0 amide bonds. The van der Waals surface area contributed by atoms with Crippen molar-refractivity contribution in [3.8, 4) is 0 Å². The zero-order valence-electron chi connectivity index (χ0n) is 22.8. The van der Waals surface area contributed by atoms with Crippen molar-refractivity contribution in [2.45, 2.75) is 54.4 Å². The molecule has 0 heterocycles. The first kappa shape index (κ1) is 44.8. The van der Waals surface area contributed by atoms with Crippen LogP contribution in [0, 0.1) is 5.92 Å². The van der Waals surface area contributed by atoms with Crippen molar-refractivity contribution in [1.82, 2.24) is 0 Å². The maximum Gasteiger partial charge on any atom is 0.181 e. The molecule has 0 aliphatic heterocycles. The first-order chi connectivity index (χ1) is 17.2. The largest absolute Gasteiger partial charge is 0.497 e. The van der Waals surface area contributed by atoms with Crippen molar-refractivity contribution in [1.29, 1.82) is 0 Å². The molecule has 0 bridgehead atoms. The minimum Gasteiger partial charge on any atom is -0.497 e. The second-order valence-corrected chi connectivity index (χ2v) is 19.1. The van der Waals surface area contributed by atoms with Gasteiger partial charge in [0.2, 0.25) is 0 Å². The highest BCUT2D eigenvalue weighted by atomic mass is 32.7. The summed E-state index contributed by atoms with van der Waals surface area (Å²) in [6.45, 7) is 11.5. The van der Waals surface area contributed by atoms with Crippen LogP contribution in [0.1, 0.15) is 54.4 Å². The third kappa shape index (κ3) is 47.0. The molecule has 0 saturated heterocycles. The Labute approximate surface area is 238 Å². The van der Waals surface area contributed by atoms with Crippen molar-refractivity contribution in [3.05, 3.63) is 23.8 Å². The van der Waals surface area contributed by atoms with Gasteiger partial charge in [0.25, 0.3) is 0 Å². The van der Waals surface area contributed by atoms with Crippen LogP contribution in [0.2, 0.25) is 0 Å². The van der Waals surface area contributed by atoms with E-state index in [-0.39, 0.29) is 59.9 Å². The second kappa shape index (κ2) is 22.5. The lowest BCUT2D eigenvalue weighted by Gasteiger charge is -2.08. The fraction of sp³-hybridized carbons (Fsp3) is 0.571. The van der Waals surface area contributed by atoms with Crippen LogP contribution in [0.25, 0.3) is 0 Å². The molecule has 3 atom stereocenters. The van der Waals surface area contributed by atoms with Crippen LogP contribution < -0.4 is 0 Å². The van der Waals surface area contributed by atoms with Gasteiger partial charge < -0.3 is 4.74 Å². The molecule has 12 nitrogen and oxygen atoms in total. The van der Waals surface area contributed by atoms with Crippen LogP contribution in [0.3, 0.4) is 0 Å². The molecule has 0 aliphatic rings. The average Bonchev–Trinajstić information content (AvgIpc) is 2.64. The van der Waals surface area contributed by atoms with Gasteiger partial charge in [-0.15, -0.1) is 0 Å². The fourth-order valence-corrected chi connectivity index (χ4v) is 3.55. The number of ether oxygens (including phenoxy) is 1. The molecule has 0 spiro atoms. The van der Waals surface area contributed by atoms with Gasteiger partial charge in [-0.3, -0.25) is 24.0 Å². The number of hydrogen-bond acceptors (Lipinski definition) is 12. The summed E-state index contributed by atoms with van der Waals surface area (Å²) < 4.78 is 67.4. The SMILES string of the molecule is C=CS(=O)(=O)P.CC(=O)/C=C(/C)OCCS(=O)(=O)P.CC(=O)C(CCS(=O)(=O)P)C(C)=O.CC(=O)CC(C)=O. The Bertz CT molecular complexity index is 1170. The third-order valence-corrected chi connectivity index (χ3v) is 7.50. The standard InChI is InChI=1S/2C7H13O4PS.C5H8O2.C2H5O2PS/c1-6(8)5-7(2)11-3-4-13(9,10)12;1-5(8)7(6(2)9)3-4-13(10,11)12;1-4(6)3-5(2)7;1-2-6(3,4)5/h5H,3-4,12H2,1-2H3;7H,3-4,12H2,1-2H3;3H2,1-2H3;2H,1,5H2/b7-5-;;;. The molecular weight excluding hydrogens is 633 g/mol. The Morgan fingerprint density at radius 3 is 1.31 bits per heavy atom. The summed E-state index contributed by atoms with van der Waals surface area (Å²) in [6, 6.07) is 0. The highest BCUT2D eigenvalue weighted by Gasteiger charge is 2.20. The summed E-state index contributed by atoms with van der Waals surface area (Å²) in [4.78, 5) is 52.4. The van der Waals surface area contributed by atoms with E-state index in [0.717, 1.165) is 5.41 Å². The van der Waals surface area contributed by atoms with Crippen LogP contribution in [0.5, 0.6) is 0 Å². The fourth-order valence-electron chi connectivity index (χ4n) is 1.97. The lowest BCUT2D eigenvalue weighted by atomic mass is 9.98. The first-order valence-electron chi connectivity index (χ1n) is 10.7. The maximum absolute atomic E-state index is 10.9. The van der Waals surface area contributed by atoms with Crippen LogP contribution in [-0.2, 0) is 57.1 Å². The minimum atomic E-state index is -3.17. The zero-order valence-corrected chi connectivity index (χ0v) is 28.7. The van der Waals surface area contributed by atoms with Gasteiger partial charge in [-0.1, -0.05) is 6.58 Å². The smallest absolute Gasteiger partial charge is 0.181 e. The van der Waals surface area contributed by atoms with Gasteiger partial charge in [-0.2, -0.15) is 0 Å². The average molecular weight is 673 g/mol. The van der Waals surface area contributed by atoms with Gasteiger partial charge in [0.15, 0.2) is 34.2 Å². The number of hydrogen-bond donors (Lipinski definition) is 0. The van der Waals surface area contributed by atoms with Crippen LogP contribution in [-0.4, -0.2) is 72.3 Å². The van der Waals surface area contributed by atoms with E-state index < -0.39 is 34.3 Å². The van der Waals surface area contributed by atoms with Crippen LogP contribution in [0.15, 0.2) is 23.8 Å². The van der Waals surface area contributed by atoms with Crippen molar-refractivity contribution in [2.24, 2.45) is 5.92 Å². The van der Waals surface area contributed by atoms with Crippen molar-refractivity contribution < 1.29 is 54.0 Å². The molecule has 0 aromatic heterocycles. The van der Waals surface area contributed by atoms with Gasteiger partial charge in [-0.25, -0.2) is 25.3 Å². The number of Topliss-reactive ketones (excluding diaryl/α,β-unsaturated/α-hetero) is 4. The van der Waals surface area contributed by atoms with E-state index in [1.54, 1.807) is 32.2 Å². The maximum atomic E-state index is 10.9. The van der Waals surface area contributed by atoms with E-state index >= 15 is 0 Å². The molecule has 0 radical (unpaired) electrons. The number of rotatable bonds is 13. The summed E-state index contributed by atoms with van der Waals surface area (Å²) in [7, 11) is -4.15. The number of ketones is 5. The minimum absolute atomic E-state index is 0.0625. The highest BCUT2D eigenvalue weighted by Crippen LogP contribution is 2.11. The Morgan fingerprint density at radius 2 is 1.10 bits per heavy atom. The lowest BCUT2D eigenvalue weighted by molar-refractivity contribution is -0.130. The molecule has 0 aromatic rings. The normalized spacial score (nSPS) is 11.3. The lowest BCUT2D eigenvalue weighted by Crippen LogP contribution is -2.21. The Balaban J connectivity index is -0.000000221. The molecular formula is C21H39O12P3S3. The monoisotopic (exact) mass is 672 g/mol. The predicted molar refractivity (Wildman–Crippen MR) is 162 cm³/mol. The Morgan fingerprint density at radius 1 is 0.744 bits per heavy atom. The van der Waals surface area contributed by atoms with Crippen LogP contribution in [0.4, 0.5) is 0 Å². The molecule has 0 aliphatic carbocycles. The molecule has 18 heteroatoms. The van der Waals surface area contributed by atoms with E-state index in [9.17, 15) is 49.2 Å². The Hall–Kier alpha value is -1.23. The molecule has 0 fully saturated rings. The van der Waals surface area contributed by atoms with E-state index in [4.69, 9.17) is 4.74 Å². The van der Waals surface area contributed by atoms with Gasteiger partial charge in [0.05, 0.1) is 29.6 Å². The van der Waals surface area contributed by atoms with Crippen molar-refractivity contribution in [2.75, 3.05) is 18.1 Å².